The van der Waals surface area contributed by atoms with Crippen molar-refractivity contribution in [1.29, 1.82) is 0 Å². The number of hydrogen-bond donors (Lipinski definition) is 1. The van der Waals surface area contributed by atoms with Crippen molar-refractivity contribution in [2.24, 2.45) is 5.73 Å². The minimum absolute atomic E-state index is 0.257. The summed E-state index contributed by atoms with van der Waals surface area (Å²) in [6, 6.07) is 2.37. The lowest BCUT2D eigenvalue weighted by atomic mass is 10.0. The Morgan fingerprint density at radius 3 is 2.79 bits per heavy atom. The molecule has 19 heavy (non-hydrogen) atoms. The highest BCUT2D eigenvalue weighted by atomic mass is 79.9. The van der Waals surface area contributed by atoms with Gasteiger partial charge in [-0.05, 0) is 47.3 Å². The van der Waals surface area contributed by atoms with Gasteiger partial charge in [0.05, 0.1) is 6.10 Å². The molecule has 0 spiro atoms. The Bertz CT molecular complexity index is 394. The molecule has 1 saturated heterocycles. The molecule has 0 aliphatic carbocycles. The predicted octanol–water partition coefficient (Wildman–Crippen LogP) is 2.34. The first kappa shape index (κ1) is 14.9. The van der Waals surface area contributed by atoms with E-state index in [-0.39, 0.29) is 6.04 Å². The van der Waals surface area contributed by atoms with E-state index < -0.39 is 0 Å². The van der Waals surface area contributed by atoms with Gasteiger partial charge in [0.15, 0.2) is 0 Å². The van der Waals surface area contributed by atoms with Crippen LogP contribution in [0, 0.1) is 0 Å². The highest BCUT2D eigenvalue weighted by Gasteiger charge is 2.25. The standard InChI is InChI=1S/C14H22BrN3O/c1-2-19-13-3-5-18(6-4-13)14(8-16)11-7-12(15)10-17-9-11/h7,9-10,13-14H,2-6,8,16H2,1H3. The summed E-state index contributed by atoms with van der Waals surface area (Å²) in [5, 5.41) is 0. The van der Waals surface area contributed by atoms with Crippen LogP contribution < -0.4 is 5.73 Å². The molecule has 0 aromatic carbocycles. The summed E-state index contributed by atoms with van der Waals surface area (Å²) in [6.45, 7) is 5.57. The van der Waals surface area contributed by atoms with E-state index in [1.807, 2.05) is 6.20 Å². The Morgan fingerprint density at radius 1 is 1.47 bits per heavy atom. The number of aromatic nitrogens is 1. The molecule has 1 aromatic heterocycles. The zero-order valence-corrected chi connectivity index (χ0v) is 13.0. The number of likely N-dealkylation sites (tertiary alicyclic amines) is 1. The van der Waals surface area contributed by atoms with Crippen molar-refractivity contribution in [1.82, 2.24) is 9.88 Å². The van der Waals surface area contributed by atoms with Crippen molar-refractivity contribution in [3.05, 3.63) is 28.5 Å². The largest absolute Gasteiger partial charge is 0.378 e. The second-order valence-electron chi connectivity index (χ2n) is 4.88. The summed E-state index contributed by atoms with van der Waals surface area (Å²) >= 11 is 3.47. The lowest BCUT2D eigenvalue weighted by Gasteiger charge is -2.37. The van der Waals surface area contributed by atoms with Gasteiger partial charge in [0.1, 0.15) is 0 Å². The lowest BCUT2D eigenvalue weighted by molar-refractivity contribution is 0.00448. The van der Waals surface area contributed by atoms with Crippen molar-refractivity contribution in [3.63, 3.8) is 0 Å². The fourth-order valence-electron chi connectivity index (χ4n) is 2.70. The van der Waals surface area contributed by atoms with Crippen LogP contribution in [-0.4, -0.2) is 42.2 Å². The van der Waals surface area contributed by atoms with Gasteiger partial charge in [0.2, 0.25) is 0 Å². The number of rotatable bonds is 5. The Hall–Kier alpha value is -0.490. The number of halogens is 1. The van der Waals surface area contributed by atoms with Crippen molar-refractivity contribution < 1.29 is 4.74 Å². The first-order valence-corrected chi connectivity index (χ1v) is 7.70. The number of piperidine rings is 1. The molecule has 106 valence electrons. The van der Waals surface area contributed by atoms with E-state index in [2.05, 4.69) is 38.8 Å². The van der Waals surface area contributed by atoms with Gasteiger partial charge in [0, 0.05) is 49.1 Å². The molecule has 1 fully saturated rings. The molecule has 1 aliphatic rings. The van der Waals surface area contributed by atoms with Crippen LogP contribution in [0.4, 0.5) is 0 Å². The summed E-state index contributed by atoms with van der Waals surface area (Å²) in [4.78, 5) is 6.68. The molecule has 0 amide bonds. The molecule has 0 radical (unpaired) electrons. The quantitative estimate of drug-likeness (QED) is 0.901. The maximum absolute atomic E-state index is 5.96. The number of pyridine rings is 1. The highest BCUT2D eigenvalue weighted by molar-refractivity contribution is 9.10. The van der Waals surface area contributed by atoms with Crippen LogP contribution in [0.5, 0.6) is 0 Å². The fraction of sp³-hybridized carbons (Fsp3) is 0.643. The van der Waals surface area contributed by atoms with Crippen LogP contribution in [0.3, 0.4) is 0 Å². The predicted molar refractivity (Wildman–Crippen MR) is 80.0 cm³/mol. The molecule has 1 aliphatic heterocycles. The van der Waals surface area contributed by atoms with Gasteiger partial charge in [0.25, 0.3) is 0 Å². The van der Waals surface area contributed by atoms with E-state index in [0.29, 0.717) is 12.6 Å². The van der Waals surface area contributed by atoms with Crippen molar-refractivity contribution >= 4 is 15.9 Å². The van der Waals surface area contributed by atoms with E-state index in [9.17, 15) is 0 Å². The minimum atomic E-state index is 0.257. The van der Waals surface area contributed by atoms with Gasteiger partial charge >= 0.3 is 0 Å². The summed E-state index contributed by atoms with van der Waals surface area (Å²) in [7, 11) is 0. The monoisotopic (exact) mass is 327 g/mol. The fourth-order valence-corrected chi connectivity index (χ4v) is 3.08. The molecule has 2 rings (SSSR count). The Kier molecular flexibility index (Phi) is 5.76. The molecule has 4 nitrogen and oxygen atoms in total. The third-order valence-electron chi connectivity index (χ3n) is 3.65. The maximum atomic E-state index is 5.96. The molecular formula is C14H22BrN3O. The zero-order chi connectivity index (χ0) is 13.7. The van der Waals surface area contributed by atoms with Crippen molar-refractivity contribution in [2.45, 2.75) is 31.9 Å². The molecule has 1 aromatic rings. The molecule has 0 bridgehead atoms. The first-order valence-electron chi connectivity index (χ1n) is 6.90. The minimum Gasteiger partial charge on any atom is -0.378 e. The summed E-state index contributed by atoms with van der Waals surface area (Å²) in [5.41, 5.74) is 7.15. The van der Waals surface area contributed by atoms with Crippen molar-refractivity contribution in [2.75, 3.05) is 26.2 Å². The average molecular weight is 328 g/mol. The third-order valence-corrected chi connectivity index (χ3v) is 4.09. The molecular weight excluding hydrogens is 306 g/mol. The first-order chi connectivity index (χ1) is 9.24. The van der Waals surface area contributed by atoms with Crippen molar-refractivity contribution in [3.8, 4) is 0 Å². The van der Waals surface area contributed by atoms with E-state index in [4.69, 9.17) is 10.5 Å². The van der Waals surface area contributed by atoms with Gasteiger partial charge in [-0.25, -0.2) is 0 Å². The molecule has 2 N–H and O–H groups in total. The summed E-state index contributed by atoms with van der Waals surface area (Å²) < 4.78 is 6.70. The molecule has 0 saturated carbocycles. The van der Waals surface area contributed by atoms with E-state index >= 15 is 0 Å². The summed E-state index contributed by atoms with van der Waals surface area (Å²) in [5.74, 6) is 0. The molecule has 2 heterocycles. The molecule has 1 atom stereocenters. The Morgan fingerprint density at radius 2 is 2.21 bits per heavy atom. The van der Waals surface area contributed by atoms with Gasteiger partial charge in [-0.3, -0.25) is 9.88 Å². The van der Waals surface area contributed by atoms with Crippen LogP contribution in [0.2, 0.25) is 0 Å². The van der Waals surface area contributed by atoms with E-state index in [1.54, 1.807) is 6.20 Å². The molecule has 5 heteroatoms. The maximum Gasteiger partial charge on any atom is 0.0599 e. The summed E-state index contributed by atoms with van der Waals surface area (Å²) in [6.07, 6.45) is 6.31. The Labute approximate surface area is 123 Å². The van der Waals surface area contributed by atoms with Crippen LogP contribution in [0.1, 0.15) is 31.4 Å². The second kappa shape index (κ2) is 7.33. The van der Waals surface area contributed by atoms with Gasteiger partial charge in [-0.1, -0.05) is 0 Å². The molecule has 1 unspecified atom stereocenters. The second-order valence-corrected chi connectivity index (χ2v) is 5.79. The number of ether oxygens (including phenoxy) is 1. The number of nitrogens with zero attached hydrogens (tertiary/aromatic N) is 2. The van der Waals surface area contributed by atoms with E-state index in [1.165, 1.54) is 5.56 Å². The third kappa shape index (κ3) is 3.99. The Balaban J connectivity index is 1.99. The van der Waals surface area contributed by atoms with Crippen LogP contribution >= 0.6 is 15.9 Å². The number of nitrogens with two attached hydrogens (primary N) is 1. The van der Waals surface area contributed by atoms with Gasteiger partial charge in [-0.2, -0.15) is 0 Å². The lowest BCUT2D eigenvalue weighted by Crippen LogP contribution is -2.41. The smallest absolute Gasteiger partial charge is 0.0599 e. The van der Waals surface area contributed by atoms with Crippen LogP contribution in [0.25, 0.3) is 0 Å². The van der Waals surface area contributed by atoms with Gasteiger partial charge < -0.3 is 10.5 Å². The van der Waals surface area contributed by atoms with Crippen LogP contribution in [0.15, 0.2) is 22.9 Å². The van der Waals surface area contributed by atoms with Crippen LogP contribution in [-0.2, 0) is 4.74 Å². The zero-order valence-electron chi connectivity index (χ0n) is 11.4. The van der Waals surface area contributed by atoms with Gasteiger partial charge in [-0.15, -0.1) is 0 Å². The highest BCUT2D eigenvalue weighted by Crippen LogP contribution is 2.26. The topological polar surface area (TPSA) is 51.4 Å². The number of hydrogen-bond acceptors (Lipinski definition) is 4. The SMILES string of the molecule is CCOC1CCN(C(CN)c2cncc(Br)c2)CC1. The van der Waals surface area contributed by atoms with E-state index in [0.717, 1.165) is 37.0 Å². The normalized spacial score (nSPS) is 19.5. The average Bonchev–Trinajstić information content (AvgIpc) is 2.42.